The SMILES string of the molecule is Cc1ccc(CC(=O)N(C)CCCN)cc1C. The van der Waals surface area contributed by atoms with Crippen LogP contribution in [0, 0.1) is 13.8 Å². The summed E-state index contributed by atoms with van der Waals surface area (Å²) in [7, 11) is 1.83. The lowest BCUT2D eigenvalue weighted by atomic mass is 10.0. The molecule has 0 atom stereocenters. The standard InChI is InChI=1S/C14H22N2O/c1-11-5-6-13(9-12(11)2)10-14(17)16(3)8-4-7-15/h5-6,9H,4,7-8,10,15H2,1-3H3. The predicted octanol–water partition coefficient (Wildman–Crippen LogP) is 1.65. The maximum absolute atomic E-state index is 11.9. The molecule has 0 saturated carbocycles. The van der Waals surface area contributed by atoms with Crippen molar-refractivity contribution in [1.82, 2.24) is 4.90 Å². The quantitative estimate of drug-likeness (QED) is 0.842. The van der Waals surface area contributed by atoms with Gasteiger partial charge in [0.05, 0.1) is 6.42 Å². The summed E-state index contributed by atoms with van der Waals surface area (Å²) < 4.78 is 0. The zero-order valence-electron chi connectivity index (χ0n) is 11.0. The van der Waals surface area contributed by atoms with Crippen LogP contribution in [0.5, 0.6) is 0 Å². The molecule has 1 aromatic carbocycles. The third-order valence-corrected chi connectivity index (χ3v) is 3.05. The van der Waals surface area contributed by atoms with Gasteiger partial charge < -0.3 is 10.6 Å². The number of nitrogens with zero attached hydrogens (tertiary/aromatic N) is 1. The second-order valence-electron chi connectivity index (χ2n) is 4.55. The van der Waals surface area contributed by atoms with Gasteiger partial charge in [0.25, 0.3) is 0 Å². The summed E-state index contributed by atoms with van der Waals surface area (Å²) in [5.41, 5.74) is 9.01. The van der Waals surface area contributed by atoms with Crippen LogP contribution in [0.15, 0.2) is 18.2 Å². The smallest absolute Gasteiger partial charge is 0.226 e. The van der Waals surface area contributed by atoms with Crippen LogP contribution in [0.25, 0.3) is 0 Å². The third kappa shape index (κ3) is 4.19. The summed E-state index contributed by atoms with van der Waals surface area (Å²) in [6, 6.07) is 6.18. The van der Waals surface area contributed by atoms with Crippen LogP contribution < -0.4 is 5.73 Å². The second-order valence-corrected chi connectivity index (χ2v) is 4.55. The number of amides is 1. The summed E-state index contributed by atoms with van der Waals surface area (Å²) in [6.07, 6.45) is 1.33. The Morgan fingerprint density at radius 2 is 2.00 bits per heavy atom. The summed E-state index contributed by atoms with van der Waals surface area (Å²) in [5.74, 6) is 0.154. The van der Waals surface area contributed by atoms with E-state index in [4.69, 9.17) is 5.73 Å². The van der Waals surface area contributed by atoms with Crippen LogP contribution in [0.2, 0.25) is 0 Å². The lowest BCUT2D eigenvalue weighted by molar-refractivity contribution is -0.129. The monoisotopic (exact) mass is 234 g/mol. The summed E-state index contributed by atoms with van der Waals surface area (Å²) in [4.78, 5) is 13.7. The Hall–Kier alpha value is -1.35. The Kier molecular flexibility index (Phi) is 5.16. The van der Waals surface area contributed by atoms with E-state index in [0.29, 0.717) is 13.0 Å². The maximum Gasteiger partial charge on any atom is 0.226 e. The van der Waals surface area contributed by atoms with E-state index in [2.05, 4.69) is 26.0 Å². The van der Waals surface area contributed by atoms with Gasteiger partial charge in [-0.1, -0.05) is 18.2 Å². The van der Waals surface area contributed by atoms with E-state index >= 15 is 0 Å². The van der Waals surface area contributed by atoms with Gasteiger partial charge in [-0.15, -0.1) is 0 Å². The Labute approximate surface area is 104 Å². The fourth-order valence-corrected chi connectivity index (χ4v) is 1.68. The fraction of sp³-hybridized carbons (Fsp3) is 0.500. The summed E-state index contributed by atoms with van der Waals surface area (Å²) in [5, 5.41) is 0. The molecule has 0 bridgehead atoms. The van der Waals surface area contributed by atoms with Gasteiger partial charge >= 0.3 is 0 Å². The number of carbonyl (C=O) groups excluding carboxylic acids is 1. The molecule has 17 heavy (non-hydrogen) atoms. The number of likely N-dealkylation sites (N-methyl/N-ethyl adjacent to an activating group) is 1. The highest BCUT2D eigenvalue weighted by atomic mass is 16.2. The largest absolute Gasteiger partial charge is 0.345 e. The predicted molar refractivity (Wildman–Crippen MR) is 70.9 cm³/mol. The first-order valence-electron chi connectivity index (χ1n) is 6.04. The van der Waals surface area contributed by atoms with Gasteiger partial charge in [0.2, 0.25) is 5.91 Å². The Morgan fingerprint density at radius 1 is 1.29 bits per heavy atom. The van der Waals surface area contributed by atoms with Crippen molar-refractivity contribution in [3.63, 3.8) is 0 Å². The van der Waals surface area contributed by atoms with Crippen molar-refractivity contribution in [3.8, 4) is 0 Å². The number of aryl methyl sites for hydroxylation is 2. The number of hydrogen-bond acceptors (Lipinski definition) is 2. The maximum atomic E-state index is 11.9. The molecular formula is C14H22N2O. The van der Waals surface area contributed by atoms with E-state index < -0.39 is 0 Å². The highest BCUT2D eigenvalue weighted by Crippen LogP contribution is 2.11. The first-order valence-corrected chi connectivity index (χ1v) is 6.04. The molecule has 3 nitrogen and oxygen atoms in total. The molecule has 1 amide bonds. The van der Waals surface area contributed by atoms with Crippen molar-refractivity contribution in [2.24, 2.45) is 5.73 Å². The van der Waals surface area contributed by atoms with Crippen molar-refractivity contribution in [2.45, 2.75) is 26.7 Å². The van der Waals surface area contributed by atoms with Gasteiger partial charge in [-0.25, -0.2) is 0 Å². The van der Waals surface area contributed by atoms with Crippen LogP contribution >= 0.6 is 0 Å². The van der Waals surface area contributed by atoms with Gasteiger partial charge in [0, 0.05) is 13.6 Å². The molecule has 3 heteroatoms. The number of rotatable bonds is 5. The first-order chi connectivity index (χ1) is 8.04. The molecule has 2 N–H and O–H groups in total. The molecule has 0 saturated heterocycles. The average Bonchev–Trinajstić information content (AvgIpc) is 2.30. The molecule has 0 spiro atoms. The third-order valence-electron chi connectivity index (χ3n) is 3.05. The number of nitrogens with two attached hydrogens (primary N) is 1. The molecule has 94 valence electrons. The normalized spacial score (nSPS) is 10.4. The molecule has 1 aromatic rings. The minimum Gasteiger partial charge on any atom is -0.345 e. The lowest BCUT2D eigenvalue weighted by Crippen LogP contribution is -2.30. The van der Waals surface area contributed by atoms with Crippen molar-refractivity contribution >= 4 is 5.91 Å². The molecule has 0 aliphatic heterocycles. The zero-order chi connectivity index (χ0) is 12.8. The van der Waals surface area contributed by atoms with Gasteiger partial charge in [-0.3, -0.25) is 4.79 Å². The van der Waals surface area contributed by atoms with Crippen molar-refractivity contribution in [3.05, 3.63) is 34.9 Å². The Balaban J connectivity index is 2.58. The van der Waals surface area contributed by atoms with Gasteiger partial charge in [-0.05, 0) is 43.5 Å². The molecular weight excluding hydrogens is 212 g/mol. The van der Waals surface area contributed by atoms with Crippen LogP contribution in [-0.2, 0) is 11.2 Å². The van der Waals surface area contributed by atoms with Gasteiger partial charge in [0.1, 0.15) is 0 Å². The van der Waals surface area contributed by atoms with Gasteiger partial charge in [0.15, 0.2) is 0 Å². The highest BCUT2D eigenvalue weighted by molar-refractivity contribution is 5.78. The fourth-order valence-electron chi connectivity index (χ4n) is 1.68. The molecule has 0 aromatic heterocycles. The lowest BCUT2D eigenvalue weighted by Gasteiger charge is -2.17. The van der Waals surface area contributed by atoms with E-state index in [1.807, 2.05) is 13.1 Å². The summed E-state index contributed by atoms with van der Waals surface area (Å²) in [6.45, 7) is 5.51. The van der Waals surface area contributed by atoms with E-state index in [0.717, 1.165) is 18.5 Å². The van der Waals surface area contributed by atoms with Gasteiger partial charge in [-0.2, -0.15) is 0 Å². The highest BCUT2D eigenvalue weighted by Gasteiger charge is 2.09. The number of benzene rings is 1. The topological polar surface area (TPSA) is 46.3 Å². The van der Waals surface area contributed by atoms with Crippen LogP contribution in [-0.4, -0.2) is 30.9 Å². The van der Waals surface area contributed by atoms with Crippen molar-refractivity contribution < 1.29 is 4.79 Å². The minimum absolute atomic E-state index is 0.154. The van der Waals surface area contributed by atoms with E-state index in [-0.39, 0.29) is 5.91 Å². The Bertz CT molecular complexity index is 388. The molecule has 0 radical (unpaired) electrons. The van der Waals surface area contributed by atoms with Crippen LogP contribution in [0.4, 0.5) is 0 Å². The average molecular weight is 234 g/mol. The summed E-state index contributed by atoms with van der Waals surface area (Å²) >= 11 is 0. The molecule has 0 aliphatic carbocycles. The molecule has 0 aliphatic rings. The van der Waals surface area contributed by atoms with Crippen molar-refractivity contribution in [2.75, 3.05) is 20.1 Å². The first kappa shape index (κ1) is 13.7. The Morgan fingerprint density at radius 3 is 2.59 bits per heavy atom. The molecule has 1 rings (SSSR count). The molecule has 0 heterocycles. The van der Waals surface area contributed by atoms with E-state index in [1.54, 1.807) is 4.90 Å². The minimum atomic E-state index is 0.154. The van der Waals surface area contributed by atoms with E-state index in [1.165, 1.54) is 11.1 Å². The number of carbonyl (C=O) groups is 1. The number of hydrogen-bond donors (Lipinski definition) is 1. The zero-order valence-corrected chi connectivity index (χ0v) is 11.0. The molecule has 0 unspecified atom stereocenters. The second kappa shape index (κ2) is 6.40. The van der Waals surface area contributed by atoms with Crippen LogP contribution in [0.3, 0.4) is 0 Å². The van der Waals surface area contributed by atoms with Crippen molar-refractivity contribution in [1.29, 1.82) is 0 Å². The van der Waals surface area contributed by atoms with E-state index in [9.17, 15) is 4.79 Å². The van der Waals surface area contributed by atoms with Crippen LogP contribution in [0.1, 0.15) is 23.1 Å². The molecule has 0 fully saturated rings.